The lowest BCUT2D eigenvalue weighted by Crippen LogP contribution is -2.06. The predicted octanol–water partition coefficient (Wildman–Crippen LogP) is 1.97. The van der Waals surface area contributed by atoms with Crippen LogP contribution in [0, 0.1) is 5.82 Å². The van der Waals surface area contributed by atoms with Gasteiger partial charge in [-0.15, -0.1) is 11.8 Å². The Morgan fingerprint density at radius 1 is 1.56 bits per heavy atom. The van der Waals surface area contributed by atoms with Gasteiger partial charge in [-0.3, -0.25) is 4.79 Å². The van der Waals surface area contributed by atoms with Crippen LogP contribution in [0.3, 0.4) is 0 Å². The molecule has 0 saturated carbocycles. The van der Waals surface area contributed by atoms with E-state index in [2.05, 4.69) is 0 Å². The smallest absolute Gasteiger partial charge is 0.316 e. The van der Waals surface area contributed by atoms with Crippen LogP contribution in [-0.2, 0) is 16.1 Å². The molecule has 0 amide bonds. The summed E-state index contributed by atoms with van der Waals surface area (Å²) in [6, 6.07) is 4.10. The van der Waals surface area contributed by atoms with Crippen molar-refractivity contribution in [2.45, 2.75) is 18.4 Å². The van der Waals surface area contributed by atoms with Gasteiger partial charge in [-0.2, -0.15) is 0 Å². The van der Waals surface area contributed by atoms with Crippen LogP contribution in [0.4, 0.5) is 4.39 Å². The number of aliphatic hydroxyl groups excluding tert-OH is 1. The molecule has 0 radical (unpaired) electrons. The molecule has 0 spiro atoms. The molecule has 1 aromatic carbocycles. The normalized spacial score (nSPS) is 10.2. The molecule has 88 valence electrons. The number of carbonyl (C=O) groups is 1. The summed E-state index contributed by atoms with van der Waals surface area (Å²) in [5.41, 5.74) is 0.481. The zero-order valence-corrected chi connectivity index (χ0v) is 9.72. The van der Waals surface area contributed by atoms with Crippen LogP contribution in [0.25, 0.3) is 0 Å². The van der Waals surface area contributed by atoms with Crippen LogP contribution in [0.5, 0.6) is 0 Å². The number of carbonyl (C=O) groups excluding carboxylic acids is 1. The van der Waals surface area contributed by atoms with Crippen molar-refractivity contribution < 1.29 is 19.0 Å². The molecule has 16 heavy (non-hydrogen) atoms. The Labute approximate surface area is 97.6 Å². The highest BCUT2D eigenvalue weighted by atomic mass is 32.2. The number of hydrogen-bond acceptors (Lipinski definition) is 4. The van der Waals surface area contributed by atoms with E-state index in [1.54, 1.807) is 13.0 Å². The van der Waals surface area contributed by atoms with Crippen LogP contribution >= 0.6 is 11.8 Å². The summed E-state index contributed by atoms with van der Waals surface area (Å²) in [6.45, 7) is 1.83. The average Bonchev–Trinajstić information content (AvgIpc) is 2.27. The first-order valence-electron chi connectivity index (χ1n) is 4.85. The molecule has 3 nitrogen and oxygen atoms in total. The minimum atomic E-state index is -0.399. The summed E-state index contributed by atoms with van der Waals surface area (Å²) < 4.78 is 17.6. The Bertz CT molecular complexity index is 368. The molecule has 5 heteroatoms. The van der Waals surface area contributed by atoms with E-state index in [1.807, 2.05) is 0 Å². The van der Waals surface area contributed by atoms with Gasteiger partial charge in [0.2, 0.25) is 0 Å². The second kappa shape index (κ2) is 6.50. The summed E-state index contributed by atoms with van der Waals surface area (Å²) in [5, 5.41) is 9.02. The minimum Gasteiger partial charge on any atom is -0.465 e. The van der Waals surface area contributed by atoms with Crippen molar-refractivity contribution in [3.8, 4) is 0 Å². The van der Waals surface area contributed by atoms with Crippen molar-refractivity contribution in [2.75, 3.05) is 12.4 Å². The van der Waals surface area contributed by atoms with Crippen LogP contribution in [0.15, 0.2) is 23.1 Å². The maximum absolute atomic E-state index is 12.8. The summed E-state index contributed by atoms with van der Waals surface area (Å²) in [6.07, 6.45) is 0. The van der Waals surface area contributed by atoms with Crippen molar-refractivity contribution >= 4 is 17.7 Å². The highest BCUT2D eigenvalue weighted by Crippen LogP contribution is 2.23. The van der Waals surface area contributed by atoms with Gasteiger partial charge in [-0.05, 0) is 30.7 Å². The van der Waals surface area contributed by atoms with Gasteiger partial charge in [0.1, 0.15) is 5.82 Å². The number of aliphatic hydroxyl groups is 1. The molecule has 0 saturated heterocycles. The van der Waals surface area contributed by atoms with Crippen LogP contribution < -0.4 is 0 Å². The molecular formula is C11H13FO3S. The van der Waals surface area contributed by atoms with Gasteiger partial charge in [0.25, 0.3) is 0 Å². The number of hydrogen-bond donors (Lipinski definition) is 1. The summed E-state index contributed by atoms with van der Waals surface area (Å²) in [5.74, 6) is -0.558. The van der Waals surface area contributed by atoms with Gasteiger partial charge in [0.15, 0.2) is 0 Å². The Kier molecular flexibility index (Phi) is 5.28. The highest BCUT2D eigenvalue weighted by molar-refractivity contribution is 8.00. The molecule has 1 aromatic rings. The first kappa shape index (κ1) is 13.0. The first-order chi connectivity index (χ1) is 7.67. The summed E-state index contributed by atoms with van der Waals surface area (Å²) in [4.78, 5) is 11.8. The molecule has 0 aromatic heterocycles. The van der Waals surface area contributed by atoms with Crippen molar-refractivity contribution in [3.63, 3.8) is 0 Å². The Balaban J connectivity index is 2.63. The Morgan fingerprint density at radius 3 is 2.94 bits per heavy atom. The maximum Gasteiger partial charge on any atom is 0.316 e. The van der Waals surface area contributed by atoms with Gasteiger partial charge >= 0.3 is 5.97 Å². The lowest BCUT2D eigenvalue weighted by Gasteiger charge is -2.06. The molecule has 1 N–H and O–H groups in total. The van der Waals surface area contributed by atoms with Crippen LogP contribution in [0.2, 0.25) is 0 Å². The molecule has 1 rings (SSSR count). The molecule has 0 atom stereocenters. The number of rotatable bonds is 5. The number of halogens is 1. The number of esters is 1. The van der Waals surface area contributed by atoms with E-state index in [9.17, 15) is 9.18 Å². The van der Waals surface area contributed by atoms with E-state index >= 15 is 0 Å². The summed E-state index contributed by atoms with van der Waals surface area (Å²) in [7, 11) is 0. The molecule has 0 bridgehead atoms. The minimum absolute atomic E-state index is 0.159. The summed E-state index contributed by atoms with van der Waals surface area (Å²) >= 11 is 1.23. The quantitative estimate of drug-likeness (QED) is 0.635. The molecule has 0 fully saturated rings. The van der Waals surface area contributed by atoms with E-state index in [4.69, 9.17) is 9.84 Å². The molecule has 0 unspecified atom stereocenters. The van der Waals surface area contributed by atoms with E-state index in [0.717, 1.165) is 0 Å². The van der Waals surface area contributed by atoms with E-state index < -0.39 is 5.82 Å². The zero-order chi connectivity index (χ0) is 12.0. The fourth-order valence-corrected chi connectivity index (χ4v) is 1.98. The van der Waals surface area contributed by atoms with Crippen molar-refractivity contribution in [2.24, 2.45) is 0 Å². The fourth-order valence-electron chi connectivity index (χ4n) is 1.15. The van der Waals surface area contributed by atoms with Crippen molar-refractivity contribution in [1.82, 2.24) is 0 Å². The van der Waals surface area contributed by atoms with Crippen LogP contribution in [0.1, 0.15) is 12.5 Å². The first-order valence-corrected chi connectivity index (χ1v) is 5.83. The monoisotopic (exact) mass is 244 g/mol. The van der Waals surface area contributed by atoms with E-state index in [-0.39, 0.29) is 18.3 Å². The number of ether oxygens (including phenoxy) is 1. The van der Waals surface area contributed by atoms with E-state index in [1.165, 1.54) is 23.9 Å². The standard InChI is InChI=1S/C11H13FO3S/c1-2-15-11(14)7-16-10-4-3-9(12)5-8(10)6-13/h3-5,13H,2,6-7H2,1H3. The molecule has 0 heterocycles. The third kappa shape index (κ3) is 3.83. The third-order valence-electron chi connectivity index (χ3n) is 1.84. The molecular weight excluding hydrogens is 231 g/mol. The number of benzene rings is 1. The topological polar surface area (TPSA) is 46.5 Å². The van der Waals surface area contributed by atoms with Crippen molar-refractivity contribution in [3.05, 3.63) is 29.6 Å². The number of thioether (sulfide) groups is 1. The molecule has 0 aliphatic heterocycles. The Morgan fingerprint density at radius 2 is 2.31 bits per heavy atom. The predicted molar refractivity (Wildman–Crippen MR) is 59.7 cm³/mol. The molecule has 0 aliphatic rings. The highest BCUT2D eigenvalue weighted by Gasteiger charge is 2.07. The van der Waals surface area contributed by atoms with Crippen molar-refractivity contribution in [1.29, 1.82) is 0 Å². The largest absolute Gasteiger partial charge is 0.465 e. The lowest BCUT2D eigenvalue weighted by molar-refractivity contribution is -0.139. The second-order valence-electron chi connectivity index (χ2n) is 3.00. The SMILES string of the molecule is CCOC(=O)CSc1ccc(F)cc1CO. The van der Waals surface area contributed by atoms with Gasteiger partial charge < -0.3 is 9.84 Å². The van der Waals surface area contributed by atoms with E-state index in [0.29, 0.717) is 17.1 Å². The Hall–Kier alpha value is -1.07. The van der Waals surface area contributed by atoms with Gasteiger partial charge in [-0.1, -0.05) is 0 Å². The van der Waals surface area contributed by atoms with Gasteiger partial charge in [-0.25, -0.2) is 4.39 Å². The van der Waals surface area contributed by atoms with Gasteiger partial charge in [0.05, 0.1) is 19.0 Å². The maximum atomic E-state index is 12.8. The van der Waals surface area contributed by atoms with Gasteiger partial charge in [0, 0.05) is 4.90 Å². The molecule has 0 aliphatic carbocycles. The zero-order valence-electron chi connectivity index (χ0n) is 8.90. The lowest BCUT2D eigenvalue weighted by atomic mass is 10.2. The van der Waals surface area contributed by atoms with Crippen LogP contribution in [-0.4, -0.2) is 23.4 Å². The second-order valence-corrected chi connectivity index (χ2v) is 4.02. The third-order valence-corrected chi connectivity index (χ3v) is 2.93. The fraction of sp³-hybridized carbons (Fsp3) is 0.364. The average molecular weight is 244 g/mol.